The van der Waals surface area contributed by atoms with Crippen molar-refractivity contribution in [1.29, 1.82) is 0 Å². The molecule has 134 valence electrons. The highest BCUT2D eigenvalue weighted by molar-refractivity contribution is 7.98. The zero-order valence-electron chi connectivity index (χ0n) is 14.2. The fourth-order valence-electron chi connectivity index (χ4n) is 2.41. The van der Waals surface area contributed by atoms with E-state index in [1.54, 1.807) is 23.5 Å². The number of hydrogen-bond donors (Lipinski definition) is 1. The summed E-state index contributed by atoms with van der Waals surface area (Å²) in [5.74, 6) is -0.808. The molecule has 0 fully saturated rings. The molecule has 0 spiro atoms. The number of carbonyl (C=O) groups excluding carboxylic acids is 2. The van der Waals surface area contributed by atoms with Gasteiger partial charge in [-0.15, -0.1) is 23.1 Å². The van der Waals surface area contributed by atoms with Crippen LogP contribution in [0.1, 0.15) is 15.4 Å². The first kappa shape index (κ1) is 18.4. The van der Waals surface area contributed by atoms with Crippen LogP contribution in [0.3, 0.4) is 0 Å². The Morgan fingerprint density at radius 2 is 1.92 bits per heavy atom. The quantitative estimate of drug-likeness (QED) is 0.497. The minimum Gasteiger partial charge on any atom is -0.452 e. The fraction of sp³-hybridized carbons (Fsp3) is 0.211. The number of nitrogens with one attached hydrogen (secondary N) is 1. The van der Waals surface area contributed by atoms with E-state index in [4.69, 9.17) is 4.74 Å². The molecule has 0 aliphatic carbocycles. The number of para-hydroxylation sites is 1. The van der Waals surface area contributed by atoms with Gasteiger partial charge in [0.15, 0.2) is 6.61 Å². The average molecular weight is 386 g/mol. The van der Waals surface area contributed by atoms with Crippen LogP contribution >= 0.6 is 23.1 Å². The molecule has 5 nitrogen and oxygen atoms in total. The van der Waals surface area contributed by atoms with Gasteiger partial charge >= 0.3 is 5.97 Å². The van der Waals surface area contributed by atoms with Crippen molar-refractivity contribution >= 4 is 45.2 Å². The van der Waals surface area contributed by atoms with Gasteiger partial charge in [-0.2, -0.15) is 0 Å². The van der Waals surface area contributed by atoms with Crippen molar-refractivity contribution in [2.24, 2.45) is 0 Å². The lowest BCUT2D eigenvalue weighted by molar-refractivity contribution is -0.124. The van der Waals surface area contributed by atoms with E-state index >= 15 is 0 Å². The number of amides is 1. The van der Waals surface area contributed by atoms with Crippen LogP contribution in [0.5, 0.6) is 0 Å². The van der Waals surface area contributed by atoms with Gasteiger partial charge in [-0.25, -0.2) is 9.78 Å². The van der Waals surface area contributed by atoms with Crippen LogP contribution in [-0.2, 0) is 16.0 Å². The van der Waals surface area contributed by atoms with Gasteiger partial charge in [0.2, 0.25) is 0 Å². The fourth-order valence-corrected chi connectivity index (χ4v) is 3.96. The Morgan fingerprint density at radius 3 is 2.73 bits per heavy atom. The summed E-state index contributed by atoms with van der Waals surface area (Å²) >= 11 is 3.08. The second-order valence-electron chi connectivity index (χ2n) is 5.45. The van der Waals surface area contributed by atoms with Crippen LogP contribution in [0.2, 0.25) is 0 Å². The molecule has 0 bridgehead atoms. The number of rotatable bonds is 7. The number of benzene rings is 2. The minimum absolute atomic E-state index is 0.290. The van der Waals surface area contributed by atoms with Gasteiger partial charge in [-0.3, -0.25) is 4.79 Å². The number of thioether (sulfide) groups is 1. The summed E-state index contributed by atoms with van der Waals surface area (Å²) in [4.78, 5) is 29.3. The molecule has 3 rings (SSSR count). The predicted molar refractivity (Wildman–Crippen MR) is 105 cm³/mol. The Balaban J connectivity index is 1.44. The summed E-state index contributed by atoms with van der Waals surface area (Å²) in [7, 11) is 0. The molecule has 2 aromatic carbocycles. The number of esters is 1. The van der Waals surface area contributed by atoms with Gasteiger partial charge in [0.1, 0.15) is 0 Å². The lowest BCUT2D eigenvalue weighted by Crippen LogP contribution is -2.30. The van der Waals surface area contributed by atoms with Gasteiger partial charge in [-0.1, -0.05) is 24.3 Å². The maximum atomic E-state index is 12.1. The van der Waals surface area contributed by atoms with Gasteiger partial charge in [0.25, 0.3) is 5.91 Å². The van der Waals surface area contributed by atoms with Crippen LogP contribution in [0.4, 0.5) is 0 Å². The first-order valence-electron chi connectivity index (χ1n) is 8.08. The molecule has 0 saturated carbocycles. The van der Waals surface area contributed by atoms with Crippen LogP contribution in [0, 0.1) is 0 Å². The lowest BCUT2D eigenvalue weighted by Gasteiger charge is -2.08. The molecular formula is C19H18N2O3S2. The number of nitrogens with zero attached hydrogens (tertiary/aromatic N) is 1. The Labute approximate surface area is 159 Å². The predicted octanol–water partition coefficient (Wildman–Crippen LogP) is 3.53. The van der Waals surface area contributed by atoms with E-state index in [9.17, 15) is 9.59 Å². The Kier molecular flexibility index (Phi) is 6.25. The molecule has 0 aliphatic heterocycles. The Bertz CT molecular complexity index is 891. The normalized spacial score (nSPS) is 10.7. The summed E-state index contributed by atoms with van der Waals surface area (Å²) in [6.07, 6.45) is 2.54. The van der Waals surface area contributed by atoms with E-state index in [2.05, 4.69) is 10.3 Å². The molecule has 0 saturated heterocycles. The molecule has 1 aromatic heterocycles. The van der Waals surface area contributed by atoms with E-state index in [-0.39, 0.29) is 12.5 Å². The van der Waals surface area contributed by atoms with E-state index in [1.807, 2.05) is 42.7 Å². The highest BCUT2D eigenvalue weighted by Crippen LogP contribution is 2.22. The first-order valence-corrected chi connectivity index (χ1v) is 10.1. The van der Waals surface area contributed by atoms with Gasteiger partial charge in [0, 0.05) is 17.9 Å². The Morgan fingerprint density at radius 1 is 1.15 bits per heavy atom. The number of ether oxygens (including phenoxy) is 1. The third kappa shape index (κ3) is 4.62. The van der Waals surface area contributed by atoms with Crippen LogP contribution < -0.4 is 5.32 Å². The standard InChI is InChI=1S/C19H18N2O3S2/c1-25-15-8-4-2-6-13(15)19(23)24-12-17(22)20-11-10-18-21-14-7-3-5-9-16(14)26-18/h2-9H,10-12H2,1H3,(H,20,22). The van der Waals surface area contributed by atoms with E-state index in [0.717, 1.165) is 20.1 Å². The number of aromatic nitrogens is 1. The van der Waals surface area contributed by atoms with Gasteiger partial charge < -0.3 is 10.1 Å². The number of hydrogen-bond acceptors (Lipinski definition) is 6. The molecular weight excluding hydrogens is 368 g/mol. The highest BCUT2D eigenvalue weighted by Gasteiger charge is 2.13. The monoisotopic (exact) mass is 386 g/mol. The maximum Gasteiger partial charge on any atom is 0.339 e. The van der Waals surface area contributed by atoms with Crippen molar-refractivity contribution in [2.75, 3.05) is 19.4 Å². The first-order chi connectivity index (χ1) is 12.7. The average Bonchev–Trinajstić information content (AvgIpc) is 3.08. The van der Waals surface area contributed by atoms with Crippen molar-refractivity contribution < 1.29 is 14.3 Å². The molecule has 0 radical (unpaired) electrons. The summed E-state index contributed by atoms with van der Waals surface area (Å²) in [6, 6.07) is 15.1. The summed E-state index contributed by atoms with van der Waals surface area (Å²) in [5, 5.41) is 3.73. The van der Waals surface area contributed by atoms with Crippen molar-refractivity contribution in [2.45, 2.75) is 11.3 Å². The summed E-state index contributed by atoms with van der Waals surface area (Å²) < 4.78 is 6.24. The lowest BCUT2D eigenvalue weighted by atomic mass is 10.2. The third-order valence-corrected chi connectivity index (χ3v) is 5.55. The molecule has 0 atom stereocenters. The van der Waals surface area contributed by atoms with Crippen molar-refractivity contribution in [1.82, 2.24) is 10.3 Å². The van der Waals surface area contributed by atoms with E-state index in [1.165, 1.54) is 11.8 Å². The molecule has 7 heteroatoms. The summed E-state index contributed by atoms with van der Waals surface area (Å²) in [6.45, 7) is 0.166. The minimum atomic E-state index is -0.490. The van der Waals surface area contributed by atoms with Crippen LogP contribution in [0.25, 0.3) is 10.2 Å². The summed E-state index contributed by atoms with van der Waals surface area (Å²) in [5.41, 5.74) is 1.45. The molecule has 0 unspecified atom stereocenters. The SMILES string of the molecule is CSc1ccccc1C(=O)OCC(=O)NCCc1nc2ccccc2s1. The number of fused-ring (bicyclic) bond motifs is 1. The van der Waals surface area contributed by atoms with Gasteiger partial charge in [-0.05, 0) is 30.5 Å². The molecule has 1 N–H and O–H groups in total. The smallest absolute Gasteiger partial charge is 0.339 e. The van der Waals surface area contributed by atoms with E-state index < -0.39 is 5.97 Å². The topological polar surface area (TPSA) is 68.3 Å². The molecule has 3 aromatic rings. The molecule has 1 heterocycles. The highest BCUT2D eigenvalue weighted by atomic mass is 32.2. The van der Waals surface area contributed by atoms with Crippen molar-refractivity contribution in [3.05, 3.63) is 59.1 Å². The van der Waals surface area contributed by atoms with Crippen molar-refractivity contribution in [3.8, 4) is 0 Å². The number of thiazole rings is 1. The maximum absolute atomic E-state index is 12.1. The number of carbonyl (C=O) groups is 2. The second kappa shape index (κ2) is 8.82. The van der Waals surface area contributed by atoms with Gasteiger partial charge in [0.05, 0.1) is 20.8 Å². The molecule has 0 aliphatic rings. The molecule has 26 heavy (non-hydrogen) atoms. The Hall–Kier alpha value is -2.38. The van der Waals surface area contributed by atoms with Crippen LogP contribution in [0.15, 0.2) is 53.4 Å². The zero-order chi connectivity index (χ0) is 18.4. The molecule has 1 amide bonds. The third-order valence-electron chi connectivity index (χ3n) is 3.66. The second-order valence-corrected chi connectivity index (χ2v) is 7.41. The van der Waals surface area contributed by atoms with Crippen LogP contribution in [-0.4, -0.2) is 36.3 Å². The van der Waals surface area contributed by atoms with E-state index in [0.29, 0.717) is 18.5 Å². The zero-order valence-corrected chi connectivity index (χ0v) is 15.9. The largest absolute Gasteiger partial charge is 0.452 e. The van der Waals surface area contributed by atoms with Crippen molar-refractivity contribution in [3.63, 3.8) is 0 Å².